The van der Waals surface area contributed by atoms with E-state index < -0.39 is 17.4 Å². The second kappa shape index (κ2) is 7.33. The van der Waals surface area contributed by atoms with E-state index in [1.165, 1.54) is 30.6 Å². The average molecular weight is 313 g/mol. The Bertz CT molecular complexity index is 599. The molecule has 0 aliphatic heterocycles. The molecular formula is C15H15ClF2N2O. The minimum Gasteiger partial charge on any atom is -0.449 e. The van der Waals surface area contributed by atoms with Gasteiger partial charge in [0.2, 0.25) is 0 Å². The zero-order chi connectivity index (χ0) is 15.2. The average Bonchev–Trinajstić information content (AvgIpc) is 2.43. The van der Waals surface area contributed by atoms with E-state index in [9.17, 15) is 8.78 Å². The van der Waals surface area contributed by atoms with Crippen molar-refractivity contribution in [2.24, 2.45) is 0 Å². The van der Waals surface area contributed by atoms with Crippen LogP contribution in [-0.4, -0.2) is 11.5 Å². The van der Waals surface area contributed by atoms with Crippen molar-refractivity contribution in [3.05, 3.63) is 52.8 Å². The van der Waals surface area contributed by atoms with Gasteiger partial charge < -0.3 is 10.1 Å². The van der Waals surface area contributed by atoms with Crippen LogP contribution in [-0.2, 0) is 6.54 Å². The SMILES string of the molecule is CCCNCc1cc(F)c(Oc2cncc(Cl)c2)c(F)c1. The smallest absolute Gasteiger partial charge is 0.198 e. The molecule has 1 aromatic carbocycles. The summed E-state index contributed by atoms with van der Waals surface area (Å²) < 4.78 is 33.1. The first-order valence-corrected chi connectivity index (χ1v) is 6.95. The molecule has 0 amide bonds. The fourth-order valence-electron chi connectivity index (χ4n) is 1.79. The first-order valence-electron chi connectivity index (χ1n) is 6.57. The number of benzene rings is 1. The van der Waals surface area contributed by atoms with Crippen LogP contribution in [0, 0.1) is 11.6 Å². The molecule has 1 heterocycles. The second-order valence-corrected chi connectivity index (χ2v) is 4.94. The Balaban J connectivity index is 2.17. The van der Waals surface area contributed by atoms with Crippen molar-refractivity contribution in [2.75, 3.05) is 6.54 Å². The third-order valence-electron chi connectivity index (χ3n) is 2.71. The quantitative estimate of drug-likeness (QED) is 0.807. The van der Waals surface area contributed by atoms with Gasteiger partial charge in [-0.1, -0.05) is 18.5 Å². The standard InChI is InChI=1S/C15H15ClF2N2O/c1-2-3-19-7-10-4-13(17)15(14(18)5-10)21-12-6-11(16)8-20-9-12/h4-6,8-9,19H,2-3,7H2,1H3. The zero-order valence-electron chi connectivity index (χ0n) is 11.5. The number of nitrogens with zero attached hydrogens (tertiary/aromatic N) is 1. The molecule has 3 nitrogen and oxygen atoms in total. The molecule has 1 aromatic heterocycles. The Morgan fingerprint density at radius 3 is 2.52 bits per heavy atom. The largest absolute Gasteiger partial charge is 0.449 e. The van der Waals surface area contributed by atoms with Crippen LogP contribution in [0.4, 0.5) is 8.78 Å². The van der Waals surface area contributed by atoms with E-state index in [1.54, 1.807) is 0 Å². The van der Waals surface area contributed by atoms with Crippen molar-refractivity contribution in [3.8, 4) is 11.5 Å². The monoisotopic (exact) mass is 312 g/mol. The summed E-state index contributed by atoms with van der Waals surface area (Å²) >= 11 is 5.75. The molecule has 2 rings (SSSR count). The summed E-state index contributed by atoms with van der Waals surface area (Å²) in [6.07, 6.45) is 3.69. The summed E-state index contributed by atoms with van der Waals surface area (Å²) in [6, 6.07) is 3.93. The number of hydrogen-bond donors (Lipinski definition) is 1. The third-order valence-corrected chi connectivity index (χ3v) is 2.92. The van der Waals surface area contributed by atoms with Crippen molar-refractivity contribution in [1.82, 2.24) is 10.3 Å². The number of aromatic nitrogens is 1. The molecule has 0 aliphatic carbocycles. The van der Waals surface area contributed by atoms with Gasteiger partial charge in [0.1, 0.15) is 5.75 Å². The van der Waals surface area contributed by atoms with Crippen LogP contribution in [0.15, 0.2) is 30.6 Å². The van der Waals surface area contributed by atoms with Gasteiger partial charge in [0.15, 0.2) is 17.4 Å². The molecule has 0 bridgehead atoms. The highest BCUT2D eigenvalue weighted by Gasteiger charge is 2.14. The van der Waals surface area contributed by atoms with Crippen molar-refractivity contribution in [2.45, 2.75) is 19.9 Å². The number of nitrogens with one attached hydrogen (secondary N) is 1. The van der Waals surface area contributed by atoms with Gasteiger partial charge in [-0.05, 0) is 30.7 Å². The van der Waals surface area contributed by atoms with E-state index in [-0.39, 0.29) is 5.75 Å². The molecule has 6 heteroatoms. The van der Waals surface area contributed by atoms with E-state index in [2.05, 4.69) is 10.3 Å². The van der Waals surface area contributed by atoms with Crippen LogP contribution in [0.25, 0.3) is 0 Å². The molecule has 0 saturated heterocycles. The lowest BCUT2D eigenvalue weighted by molar-refractivity contribution is 0.405. The molecule has 0 radical (unpaired) electrons. The molecule has 1 N–H and O–H groups in total. The maximum Gasteiger partial charge on any atom is 0.198 e. The van der Waals surface area contributed by atoms with Crippen LogP contribution in [0.1, 0.15) is 18.9 Å². The molecule has 0 unspecified atom stereocenters. The second-order valence-electron chi connectivity index (χ2n) is 4.51. The molecule has 0 aliphatic rings. The molecule has 0 saturated carbocycles. The van der Waals surface area contributed by atoms with Gasteiger partial charge in [0.25, 0.3) is 0 Å². The predicted molar refractivity (Wildman–Crippen MR) is 77.7 cm³/mol. The number of hydrogen-bond acceptors (Lipinski definition) is 3. The Hall–Kier alpha value is -1.72. The topological polar surface area (TPSA) is 34.1 Å². The molecule has 0 fully saturated rings. The zero-order valence-corrected chi connectivity index (χ0v) is 12.3. The van der Waals surface area contributed by atoms with Crippen LogP contribution < -0.4 is 10.1 Å². The Kier molecular flexibility index (Phi) is 5.47. The maximum atomic E-state index is 14.0. The van der Waals surface area contributed by atoms with Gasteiger partial charge >= 0.3 is 0 Å². The van der Waals surface area contributed by atoms with Crippen LogP contribution in [0.2, 0.25) is 5.02 Å². The van der Waals surface area contributed by atoms with E-state index in [0.717, 1.165) is 13.0 Å². The number of halogens is 3. The van der Waals surface area contributed by atoms with E-state index in [0.29, 0.717) is 17.1 Å². The van der Waals surface area contributed by atoms with E-state index >= 15 is 0 Å². The lowest BCUT2D eigenvalue weighted by Gasteiger charge is -2.10. The van der Waals surface area contributed by atoms with E-state index in [1.807, 2.05) is 6.92 Å². The molecule has 0 spiro atoms. The molecule has 112 valence electrons. The van der Waals surface area contributed by atoms with Gasteiger partial charge in [-0.3, -0.25) is 4.98 Å². The van der Waals surface area contributed by atoms with Gasteiger partial charge in [-0.15, -0.1) is 0 Å². The van der Waals surface area contributed by atoms with Gasteiger partial charge in [0.05, 0.1) is 11.2 Å². The Morgan fingerprint density at radius 2 is 1.90 bits per heavy atom. The summed E-state index contributed by atoms with van der Waals surface area (Å²) in [4.78, 5) is 3.80. The molecule has 2 aromatic rings. The van der Waals surface area contributed by atoms with E-state index in [4.69, 9.17) is 16.3 Å². The fourth-order valence-corrected chi connectivity index (χ4v) is 1.95. The number of pyridine rings is 1. The van der Waals surface area contributed by atoms with Crippen molar-refractivity contribution in [1.29, 1.82) is 0 Å². The number of rotatable bonds is 6. The minimum atomic E-state index is -0.761. The van der Waals surface area contributed by atoms with Crippen LogP contribution in [0.5, 0.6) is 11.5 Å². The first-order chi connectivity index (χ1) is 10.1. The normalized spacial score (nSPS) is 10.7. The third kappa shape index (κ3) is 4.37. The molecular weight excluding hydrogens is 298 g/mol. The highest BCUT2D eigenvalue weighted by Crippen LogP contribution is 2.29. The Morgan fingerprint density at radius 1 is 1.19 bits per heavy atom. The fraction of sp³-hybridized carbons (Fsp3) is 0.267. The summed E-state index contributed by atoms with van der Waals surface area (Å²) in [7, 11) is 0. The summed E-state index contributed by atoms with van der Waals surface area (Å²) in [5.74, 6) is -1.80. The van der Waals surface area contributed by atoms with Crippen LogP contribution >= 0.6 is 11.6 Å². The van der Waals surface area contributed by atoms with Gasteiger partial charge in [-0.2, -0.15) is 0 Å². The highest BCUT2D eigenvalue weighted by molar-refractivity contribution is 6.30. The first kappa shape index (κ1) is 15.7. The van der Waals surface area contributed by atoms with Gasteiger partial charge in [0, 0.05) is 18.8 Å². The van der Waals surface area contributed by atoms with Gasteiger partial charge in [-0.25, -0.2) is 8.78 Å². The molecule has 0 atom stereocenters. The minimum absolute atomic E-state index is 0.178. The summed E-state index contributed by atoms with van der Waals surface area (Å²) in [5.41, 5.74) is 0.523. The van der Waals surface area contributed by atoms with Crippen LogP contribution in [0.3, 0.4) is 0 Å². The molecule has 21 heavy (non-hydrogen) atoms. The van der Waals surface area contributed by atoms with Crippen molar-refractivity contribution >= 4 is 11.6 Å². The lowest BCUT2D eigenvalue weighted by Crippen LogP contribution is -2.14. The van der Waals surface area contributed by atoms with Crippen molar-refractivity contribution in [3.63, 3.8) is 0 Å². The highest BCUT2D eigenvalue weighted by atomic mass is 35.5. The number of ether oxygens (including phenoxy) is 1. The lowest BCUT2D eigenvalue weighted by atomic mass is 10.2. The maximum absolute atomic E-state index is 14.0. The summed E-state index contributed by atoms with van der Waals surface area (Å²) in [6.45, 7) is 3.21. The Labute approximate surface area is 126 Å². The predicted octanol–water partition coefficient (Wildman–Crippen LogP) is 4.31. The summed E-state index contributed by atoms with van der Waals surface area (Å²) in [5, 5.41) is 3.41. The van der Waals surface area contributed by atoms with Crippen molar-refractivity contribution < 1.29 is 13.5 Å².